The highest BCUT2D eigenvalue weighted by atomic mass is 16.2. The largest absolute Gasteiger partial charge is 0.357 e. The lowest BCUT2D eigenvalue weighted by Gasteiger charge is -2.38. The average Bonchev–Trinajstić information content (AvgIpc) is 2.33. The van der Waals surface area contributed by atoms with Crippen molar-refractivity contribution in [2.45, 2.75) is 25.4 Å². The number of hydrogen-bond acceptors (Lipinski definition) is 3. The van der Waals surface area contributed by atoms with Gasteiger partial charge in [0.25, 0.3) is 0 Å². The first kappa shape index (κ1) is 11.5. The van der Waals surface area contributed by atoms with E-state index >= 15 is 0 Å². The molecule has 17 heavy (non-hydrogen) atoms. The second-order valence-electron chi connectivity index (χ2n) is 4.28. The number of nitriles is 1. The van der Waals surface area contributed by atoms with Crippen LogP contribution in [0.2, 0.25) is 0 Å². The van der Waals surface area contributed by atoms with Crippen LogP contribution >= 0.6 is 0 Å². The van der Waals surface area contributed by atoms with Crippen molar-refractivity contribution in [3.63, 3.8) is 0 Å². The van der Waals surface area contributed by atoms with Gasteiger partial charge in [-0.1, -0.05) is 18.2 Å². The molecule has 1 N–H and O–H groups in total. The first-order chi connectivity index (χ1) is 8.22. The molecule has 0 spiro atoms. The fraction of sp³-hybridized carbons (Fsp3) is 0.385. The molecule has 1 aliphatic heterocycles. The molecule has 0 radical (unpaired) electrons. The van der Waals surface area contributed by atoms with E-state index in [1.807, 2.05) is 42.2 Å². The lowest BCUT2D eigenvalue weighted by Crippen LogP contribution is -2.59. The van der Waals surface area contributed by atoms with E-state index in [2.05, 4.69) is 11.4 Å². The molecule has 4 heteroatoms. The van der Waals surface area contributed by atoms with Gasteiger partial charge in [-0.25, -0.2) is 0 Å². The Hall–Kier alpha value is -2.02. The van der Waals surface area contributed by atoms with Gasteiger partial charge in [0.15, 0.2) is 0 Å². The minimum absolute atomic E-state index is 0.0610. The molecule has 0 saturated carbocycles. The Morgan fingerprint density at radius 2 is 2.18 bits per heavy atom. The van der Waals surface area contributed by atoms with Gasteiger partial charge in [0.05, 0.1) is 12.5 Å². The maximum absolute atomic E-state index is 11.9. The van der Waals surface area contributed by atoms with Gasteiger partial charge in [-0.05, 0) is 19.1 Å². The zero-order valence-corrected chi connectivity index (χ0v) is 9.76. The first-order valence-electron chi connectivity index (χ1n) is 5.71. The summed E-state index contributed by atoms with van der Waals surface area (Å²) in [5.41, 5.74) is 0.995. The van der Waals surface area contributed by atoms with Gasteiger partial charge in [-0.3, -0.25) is 4.79 Å². The van der Waals surface area contributed by atoms with Crippen molar-refractivity contribution in [1.29, 1.82) is 5.26 Å². The SMILES string of the molecule is CC1CN(c2ccccc2)C(CC#N)C(=O)N1. The second-order valence-corrected chi connectivity index (χ2v) is 4.28. The molecule has 2 rings (SSSR count). The van der Waals surface area contributed by atoms with Crippen LogP contribution in [0, 0.1) is 11.3 Å². The summed E-state index contributed by atoms with van der Waals surface area (Å²) in [6, 6.07) is 11.6. The van der Waals surface area contributed by atoms with E-state index in [4.69, 9.17) is 5.26 Å². The van der Waals surface area contributed by atoms with E-state index in [-0.39, 0.29) is 24.4 Å². The lowest BCUT2D eigenvalue weighted by molar-refractivity contribution is -0.124. The van der Waals surface area contributed by atoms with Crippen LogP contribution in [-0.2, 0) is 4.79 Å². The van der Waals surface area contributed by atoms with Gasteiger partial charge in [0, 0.05) is 18.3 Å². The Labute approximate surface area is 101 Å². The minimum Gasteiger partial charge on any atom is -0.357 e. The number of rotatable bonds is 2. The van der Waals surface area contributed by atoms with Crippen LogP contribution in [0.1, 0.15) is 13.3 Å². The van der Waals surface area contributed by atoms with E-state index in [1.165, 1.54) is 0 Å². The van der Waals surface area contributed by atoms with Crippen molar-refractivity contribution >= 4 is 11.6 Å². The summed E-state index contributed by atoms with van der Waals surface area (Å²) < 4.78 is 0. The molecule has 0 aliphatic carbocycles. The highest BCUT2D eigenvalue weighted by molar-refractivity contribution is 5.87. The highest BCUT2D eigenvalue weighted by Gasteiger charge is 2.32. The van der Waals surface area contributed by atoms with E-state index in [0.717, 1.165) is 12.2 Å². The van der Waals surface area contributed by atoms with Crippen LogP contribution in [0.5, 0.6) is 0 Å². The van der Waals surface area contributed by atoms with Crippen molar-refractivity contribution in [3.8, 4) is 6.07 Å². The van der Waals surface area contributed by atoms with Crippen LogP contribution in [0.3, 0.4) is 0 Å². The van der Waals surface area contributed by atoms with Crippen molar-refractivity contribution in [2.75, 3.05) is 11.4 Å². The van der Waals surface area contributed by atoms with Gasteiger partial charge in [0.1, 0.15) is 6.04 Å². The van der Waals surface area contributed by atoms with Crippen molar-refractivity contribution in [2.24, 2.45) is 0 Å². The molecule has 1 aromatic rings. The molecule has 4 nitrogen and oxygen atoms in total. The third-order valence-corrected chi connectivity index (χ3v) is 2.91. The maximum Gasteiger partial charge on any atom is 0.244 e. The minimum atomic E-state index is -0.376. The molecule has 0 aromatic heterocycles. The summed E-state index contributed by atoms with van der Waals surface area (Å²) in [6.07, 6.45) is 0.216. The molecule has 1 heterocycles. The Morgan fingerprint density at radius 1 is 1.47 bits per heavy atom. The number of anilines is 1. The summed E-state index contributed by atoms with van der Waals surface area (Å²) in [5, 5.41) is 11.7. The molecule has 1 aliphatic rings. The highest BCUT2D eigenvalue weighted by Crippen LogP contribution is 2.21. The standard InChI is InChI=1S/C13H15N3O/c1-10-9-16(11-5-3-2-4-6-11)12(7-8-14)13(17)15-10/h2-6,10,12H,7,9H2,1H3,(H,15,17). The number of benzene rings is 1. The average molecular weight is 229 g/mol. The van der Waals surface area contributed by atoms with Gasteiger partial charge >= 0.3 is 0 Å². The smallest absolute Gasteiger partial charge is 0.244 e. The third kappa shape index (κ3) is 2.39. The summed E-state index contributed by atoms with van der Waals surface area (Å²) >= 11 is 0. The third-order valence-electron chi connectivity index (χ3n) is 2.91. The zero-order valence-electron chi connectivity index (χ0n) is 9.76. The molecule has 1 amide bonds. The van der Waals surface area contributed by atoms with Gasteiger partial charge in [0.2, 0.25) is 5.91 Å². The first-order valence-corrected chi connectivity index (χ1v) is 5.71. The molecule has 88 valence electrons. The molecular formula is C13H15N3O. The van der Waals surface area contributed by atoms with E-state index < -0.39 is 0 Å². The molecular weight excluding hydrogens is 214 g/mol. The Bertz CT molecular complexity index is 438. The molecule has 2 atom stereocenters. The fourth-order valence-electron chi connectivity index (χ4n) is 2.14. The predicted octanol–water partition coefficient (Wildman–Crippen LogP) is 1.29. The number of nitrogens with one attached hydrogen (secondary N) is 1. The number of para-hydroxylation sites is 1. The molecule has 0 bridgehead atoms. The normalized spacial score (nSPS) is 24.0. The monoisotopic (exact) mass is 229 g/mol. The molecule has 1 saturated heterocycles. The van der Waals surface area contributed by atoms with Crippen LogP contribution in [0.25, 0.3) is 0 Å². The molecule has 1 aromatic carbocycles. The topological polar surface area (TPSA) is 56.1 Å². The molecule has 1 fully saturated rings. The second kappa shape index (κ2) is 4.88. The maximum atomic E-state index is 11.9. The summed E-state index contributed by atoms with van der Waals surface area (Å²) in [4.78, 5) is 13.9. The van der Waals surface area contributed by atoms with Gasteiger partial charge in [-0.2, -0.15) is 5.26 Å². The number of nitrogens with zero attached hydrogens (tertiary/aromatic N) is 2. The van der Waals surface area contributed by atoms with Crippen molar-refractivity contribution in [3.05, 3.63) is 30.3 Å². The summed E-state index contributed by atoms with van der Waals surface area (Å²) in [6.45, 7) is 2.71. The van der Waals surface area contributed by atoms with Crippen LogP contribution in [0.4, 0.5) is 5.69 Å². The van der Waals surface area contributed by atoms with E-state index in [0.29, 0.717) is 0 Å². The summed E-state index contributed by atoms with van der Waals surface area (Å²) in [5.74, 6) is -0.0610. The number of carbonyl (C=O) groups excluding carboxylic acids is 1. The number of amides is 1. The van der Waals surface area contributed by atoms with Crippen LogP contribution in [0.15, 0.2) is 30.3 Å². The quantitative estimate of drug-likeness (QED) is 0.831. The Balaban J connectivity index is 2.28. The summed E-state index contributed by atoms with van der Waals surface area (Å²) in [7, 11) is 0. The number of piperazine rings is 1. The predicted molar refractivity (Wildman–Crippen MR) is 65.4 cm³/mol. The fourth-order valence-corrected chi connectivity index (χ4v) is 2.14. The molecule has 2 unspecified atom stereocenters. The Morgan fingerprint density at radius 3 is 2.82 bits per heavy atom. The number of hydrogen-bond donors (Lipinski definition) is 1. The van der Waals surface area contributed by atoms with Crippen LogP contribution < -0.4 is 10.2 Å². The van der Waals surface area contributed by atoms with Crippen molar-refractivity contribution in [1.82, 2.24) is 5.32 Å². The van der Waals surface area contributed by atoms with E-state index in [1.54, 1.807) is 0 Å². The number of carbonyl (C=O) groups is 1. The van der Waals surface area contributed by atoms with Gasteiger partial charge in [-0.15, -0.1) is 0 Å². The Kier molecular flexibility index (Phi) is 3.29. The lowest BCUT2D eigenvalue weighted by atomic mass is 10.1. The van der Waals surface area contributed by atoms with Crippen molar-refractivity contribution < 1.29 is 4.79 Å². The van der Waals surface area contributed by atoms with E-state index in [9.17, 15) is 4.79 Å². The van der Waals surface area contributed by atoms with Gasteiger partial charge < -0.3 is 10.2 Å². The van der Waals surface area contributed by atoms with Crippen LogP contribution in [-0.4, -0.2) is 24.5 Å². The zero-order chi connectivity index (χ0) is 12.3.